The molecule has 2 unspecified atom stereocenters. The molecule has 10 aliphatic rings. The molecule has 2 aromatic carbocycles. The van der Waals surface area contributed by atoms with Crippen molar-refractivity contribution in [2.75, 3.05) is 37.9 Å². The number of hydrogen-bond donors (Lipinski definition) is 6. The third kappa shape index (κ3) is 3.33. The minimum absolute atomic E-state index is 0.486. The number of piperazine rings is 2. The number of fused-ring (bicyclic) bond motifs is 15. The van der Waals surface area contributed by atoms with Crippen molar-refractivity contribution >= 4 is 117 Å². The molecule has 8 fully saturated rings. The zero-order valence-corrected chi connectivity index (χ0v) is 33.4. The summed E-state index contributed by atoms with van der Waals surface area (Å²) in [5.74, 6) is -2.44. The molecule has 10 aliphatic heterocycles. The quantitative estimate of drug-likeness (QED) is 0.246. The van der Waals surface area contributed by atoms with E-state index >= 15 is 19.2 Å². The van der Waals surface area contributed by atoms with E-state index in [1.807, 2.05) is 0 Å². The normalized spacial score (nSPS) is 43.9. The van der Waals surface area contributed by atoms with Gasteiger partial charge in [0.25, 0.3) is 23.6 Å². The molecule has 8 saturated heterocycles. The number of carbonyl (C=O) groups excluding carboxylic acids is 4. The van der Waals surface area contributed by atoms with Gasteiger partial charge in [-0.15, -0.1) is 0 Å². The van der Waals surface area contributed by atoms with Gasteiger partial charge in [-0.3, -0.25) is 29.0 Å². The topological polar surface area (TPSA) is 186 Å². The van der Waals surface area contributed by atoms with E-state index in [0.29, 0.717) is 22.5 Å². The van der Waals surface area contributed by atoms with E-state index in [-0.39, 0.29) is 0 Å². The Kier molecular flexibility index (Phi) is 7.48. The van der Waals surface area contributed by atoms with E-state index in [1.165, 1.54) is 73.0 Å². The summed E-state index contributed by atoms with van der Waals surface area (Å²) < 4.78 is 0. The largest absolute Gasteiger partial charge is 0.392 e. The maximum atomic E-state index is 15.2. The molecular weight excluding hydrogens is 829 g/mol. The standard InChI is InChI=1S/C30H28N6O8S8/c1-33-23(43)29-17(39)27(13-7-3-5-9-15(13)31-19(27)35(29)21(41)25(33,11-37)45-49-51-47-29)28-14-8-4-6-10-16(14)32-20(28)36-22(42)26(12-38)34(2)24(44)30(36,18(28)40)48-52-50-46-26/h3-10,17-20,31-32,37-40H,11-12H2,1-2H3/t17-,18-,19+,20+,25-,26-,27?,28?,29-,30-/m0/s1. The van der Waals surface area contributed by atoms with Crippen LogP contribution in [-0.4, -0.2) is 135 Å². The van der Waals surface area contributed by atoms with Crippen LogP contribution in [0.3, 0.4) is 0 Å². The van der Waals surface area contributed by atoms with Crippen LogP contribution in [0.5, 0.6) is 0 Å². The highest BCUT2D eigenvalue weighted by atomic mass is 33.7. The molecule has 10 atom stereocenters. The van der Waals surface area contributed by atoms with Gasteiger partial charge in [0.15, 0.2) is 0 Å². The molecule has 10 heterocycles. The molecule has 2 spiro atoms. The fraction of sp³-hybridized carbons (Fsp3) is 0.467. The van der Waals surface area contributed by atoms with Gasteiger partial charge in [-0.05, 0) is 106 Å². The van der Waals surface area contributed by atoms with E-state index in [4.69, 9.17) is 0 Å². The van der Waals surface area contributed by atoms with Crippen molar-refractivity contribution in [3.63, 3.8) is 0 Å². The number of likely N-dealkylation sites (N-methyl/N-ethyl adjacent to an activating group) is 2. The zero-order chi connectivity index (χ0) is 36.4. The predicted molar refractivity (Wildman–Crippen MR) is 208 cm³/mol. The summed E-state index contributed by atoms with van der Waals surface area (Å²) in [6, 6.07) is 14.3. The Bertz CT molecular complexity index is 1890. The van der Waals surface area contributed by atoms with Crippen molar-refractivity contribution in [1.82, 2.24) is 19.6 Å². The van der Waals surface area contributed by atoms with Gasteiger partial charge in [-0.2, -0.15) is 0 Å². The van der Waals surface area contributed by atoms with Crippen LogP contribution in [0.4, 0.5) is 11.4 Å². The fourth-order valence-corrected chi connectivity index (χ4v) is 25.3. The molecular formula is C30H28N6O8S8. The van der Waals surface area contributed by atoms with Gasteiger partial charge >= 0.3 is 0 Å². The van der Waals surface area contributed by atoms with Crippen LogP contribution in [0, 0.1) is 0 Å². The molecule has 4 bridgehead atoms. The maximum absolute atomic E-state index is 15.2. The van der Waals surface area contributed by atoms with Crippen molar-refractivity contribution in [2.45, 2.75) is 54.9 Å². The van der Waals surface area contributed by atoms with Crippen LogP contribution in [0.1, 0.15) is 11.1 Å². The lowest BCUT2D eigenvalue weighted by atomic mass is 9.52. The second-order valence-electron chi connectivity index (χ2n) is 13.7. The molecule has 0 aliphatic carbocycles. The Morgan fingerprint density at radius 3 is 1.35 bits per heavy atom. The Morgan fingerprint density at radius 2 is 0.962 bits per heavy atom. The van der Waals surface area contributed by atoms with Gasteiger partial charge in [0, 0.05) is 25.5 Å². The molecule has 4 amide bonds. The highest BCUT2D eigenvalue weighted by molar-refractivity contribution is 9.27. The monoisotopic (exact) mass is 856 g/mol. The van der Waals surface area contributed by atoms with Crippen molar-refractivity contribution in [2.24, 2.45) is 0 Å². The lowest BCUT2D eigenvalue weighted by Gasteiger charge is -2.54. The summed E-state index contributed by atoms with van der Waals surface area (Å²) in [6.07, 6.45) is -5.99. The highest BCUT2D eigenvalue weighted by Gasteiger charge is 2.92. The van der Waals surface area contributed by atoms with Crippen molar-refractivity contribution < 1.29 is 39.6 Å². The number of amides is 4. The summed E-state index contributed by atoms with van der Waals surface area (Å²) in [4.78, 5) is 58.1. The van der Waals surface area contributed by atoms with Crippen molar-refractivity contribution in [3.05, 3.63) is 59.7 Å². The van der Waals surface area contributed by atoms with E-state index in [0.717, 1.165) is 43.2 Å². The number of anilines is 2. The average molecular weight is 857 g/mol. The second-order valence-corrected chi connectivity index (χ2v) is 26.0. The van der Waals surface area contributed by atoms with Gasteiger partial charge in [-0.1, -0.05) is 36.4 Å². The first-order valence-electron chi connectivity index (χ1n) is 15.9. The summed E-state index contributed by atoms with van der Waals surface area (Å²) in [5.41, 5.74) is -1.62. The van der Waals surface area contributed by atoms with Crippen LogP contribution >= 0.6 is 82.5 Å². The Labute approximate surface area is 326 Å². The smallest absolute Gasteiger partial charge is 0.265 e. The molecule has 0 aromatic heterocycles. The number of para-hydroxylation sites is 2. The number of aliphatic hydroxyl groups excluding tert-OH is 4. The van der Waals surface area contributed by atoms with Gasteiger partial charge in [0.1, 0.15) is 24.5 Å². The molecule has 0 saturated carbocycles. The average Bonchev–Trinajstić information content (AvgIpc) is 3.79. The lowest BCUT2D eigenvalue weighted by Crippen LogP contribution is -2.76. The molecule has 22 heteroatoms. The van der Waals surface area contributed by atoms with Gasteiger partial charge in [-0.25, -0.2) is 0 Å². The van der Waals surface area contributed by atoms with E-state index in [2.05, 4.69) is 10.6 Å². The van der Waals surface area contributed by atoms with Crippen LogP contribution in [0.2, 0.25) is 0 Å². The molecule has 2 aromatic rings. The molecule has 12 rings (SSSR count). The molecule has 274 valence electrons. The Hall–Kier alpha value is -1.44. The van der Waals surface area contributed by atoms with E-state index < -0.39 is 91.7 Å². The number of nitrogens with one attached hydrogen (secondary N) is 2. The first kappa shape index (κ1) is 35.0. The second kappa shape index (κ2) is 11.1. The number of carbonyl (C=O) groups is 4. The van der Waals surface area contributed by atoms with Gasteiger partial charge in [0.2, 0.25) is 19.5 Å². The molecule has 14 nitrogen and oxygen atoms in total. The molecule has 0 radical (unpaired) electrons. The van der Waals surface area contributed by atoms with Crippen LogP contribution in [0.25, 0.3) is 0 Å². The van der Waals surface area contributed by atoms with Gasteiger partial charge in [0.05, 0.1) is 24.0 Å². The van der Waals surface area contributed by atoms with E-state index in [1.54, 1.807) is 48.5 Å². The lowest BCUT2D eigenvalue weighted by molar-refractivity contribution is -0.168. The van der Waals surface area contributed by atoms with Crippen LogP contribution in [0.15, 0.2) is 48.5 Å². The summed E-state index contributed by atoms with van der Waals surface area (Å²) in [5, 5.41) is 55.9. The van der Waals surface area contributed by atoms with Crippen LogP contribution in [-0.2, 0) is 30.0 Å². The fourth-order valence-electron chi connectivity index (χ4n) is 10.0. The summed E-state index contributed by atoms with van der Waals surface area (Å²) in [6.45, 7) is -1.41. The first-order valence-corrected chi connectivity index (χ1v) is 25.5. The minimum Gasteiger partial charge on any atom is -0.392 e. The number of benzene rings is 2. The number of aliphatic hydroxyl groups is 4. The molecule has 52 heavy (non-hydrogen) atoms. The number of nitrogens with zero attached hydrogens (tertiary/aromatic N) is 4. The van der Waals surface area contributed by atoms with E-state index in [9.17, 15) is 20.4 Å². The van der Waals surface area contributed by atoms with Gasteiger partial charge < -0.3 is 40.9 Å². The number of hydrogen-bond acceptors (Lipinski definition) is 18. The van der Waals surface area contributed by atoms with Crippen molar-refractivity contribution in [1.29, 1.82) is 0 Å². The zero-order valence-electron chi connectivity index (χ0n) is 26.8. The predicted octanol–water partition coefficient (Wildman–Crippen LogP) is 1.87. The Morgan fingerprint density at radius 1 is 0.596 bits per heavy atom. The van der Waals surface area contributed by atoms with Crippen LogP contribution < -0.4 is 10.6 Å². The highest BCUT2D eigenvalue weighted by Crippen LogP contribution is 2.78. The van der Waals surface area contributed by atoms with Crippen molar-refractivity contribution in [3.8, 4) is 0 Å². The SMILES string of the molecule is CN1C(=O)[C@]23SSSS[C@@]1(CO)C(=O)N2[C@H]1Nc2ccccc2C1(C12c4ccccc4N[C@@H]1N1C(=O)[C@]4(CO)SSSS[C@]1(C(=O)N4C)[C@H]2O)[C@@H]3O. The first-order chi connectivity index (χ1) is 25.0. The third-order valence-corrected chi connectivity index (χ3v) is 26.8. The molecule has 6 N–H and O–H groups in total. The summed E-state index contributed by atoms with van der Waals surface area (Å²) >= 11 is 0. The summed E-state index contributed by atoms with van der Waals surface area (Å²) in [7, 11) is 11.9. The Balaban J connectivity index is 1.35. The third-order valence-electron chi connectivity index (χ3n) is 12.3. The number of rotatable bonds is 3. The maximum Gasteiger partial charge on any atom is 0.265 e. The minimum atomic E-state index is -1.98.